The normalized spacial score (nSPS) is 12.6. The Kier molecular flexibility index (Phi) is 6.47. The van der Waals surface area contributed by atoms with Crippen LogP contribution in [0.4, 0.5) is 5.69 Å². The third-order valence-corrected chi connectivity index (χ3v) is 3.73. The number of hydrogen-bond acceptors (Lipinski definition) is 6. The number of amides is 3. The number of benzene rings is 1. The van der Waals surface area contributed by atoms with Crippen LogP contribution in [-0.4, -0.2) is 60.8 Å². The maximum absolute atomic E-state index is 12.2. The van der Waals surface area contributed by atoms with Gasteiger partial charge in [0.2, 0.25) is 11.8 Å². The highest BCUT2D eigenvalue weighted by atomic mass is 16.5. The van der Waals surface area contributed by atoms with Gasteiger partial charge in [0.1, 0.15) is 18.8 Å². The Hall–Kier alpha value is -3.43. The molecule has 1 aliphatic rings. The van der Waals surface area contributed by atoms with E-state index in [1.165, 1.54) is 11.0 Å². The van der Waals surface area contributed by atoms with E-state index < -0.39 is 36.8 Å². The minimum absolute atomic E-state index is 0.115. The van der Waals surface area contributed by atoms with Gasteiger partial charge in [0.05, 0.1) is 12.2 Å². The topological polar surface area (TPSA) is 142 Å². The summed E-state index contributed by atoms with van der Waals surface area (Å²) >= 11 is 0. The number of carboxylic acid groups (broad SMARTS) is 1. The van der Waals surface area contributed by atoms with Gasteiger partial charge in [-0.1, -0.05) is 6.92 Å². The highest BCUT2D eigenvalue weighted by Gasteiger charge is 2.28. The molecule has 0 aliphatic carbocycles. The highest BCUT2D eigenvalue weighted by Crippen LogP contribution is 2.33. The number of nitrogens with zero attached hydrogens (tertiary/aromatic N) is 1. The number of Topliss-reactive ketones (excluding diaryl/α,β-unsaturated/α-hetero) is 1. The van der Waals surface area contributed by atoms with Crippen LogP contribution in [0.25, 0.3) is 0 Å². The van der Waals surface area contributed by atoms with Crippen molar-refractivity contribution in [3.05, 3.63) is 23.8 Å². The van der Waals surface area contributed by atoms with Crippen LogP contribution < -0.4 is 20.3 Å². The van der Waals surface area contributed by atoms with Crippen molar-refractivity contribution in [3.63, 3.8) is 0 Å². The molecule has 144 valence electrons. The number of aliphatic carboxylic acids is 1. The van der Waals surface area contributed by atoms with Crippen molar-refractivity contribution >= 4 is 35.2 Å². The third kappa shape index (κ3) is 5.27. The van der Waals surface area contributed by atoms with Crippen molar-refractivity contribution in [1.82, 2.24) is 10.6 Å². The summed E-state index contributed by atoms with van der Waals surface area (Å²) in [4.78, 5) is 59.1. The Labute approximate surface area is 154 Å². The van der Waals surface area contributed by atoms with Crippen molar-refractivity contribution in [1.29, 1.82) is 0 Å². The van der Waals surface area contributed by atoms with Crippen molar-refractivity contribution in [2.75, 3.05) is 31.1 Å². The average Bonchev–Trinajstić information content (AvgIpc) is 2.65. The molecule has 0 aromatic heterocycles. The standard InChI is InChI=1S/C17H19N3O7/c1-2-12(21)10-3-4-13-11(5-10)20(16(24)9-27-13)8-15(23)18-6-14(22)19-7-17(25)26/h3-5H,2,6-9H2,1H3,(H,18,23)(H,19,22)(H,25,26). The number of hydrogen-bond donors (Lipinski definition) is 3. The Morgan fingerprint density at radius 1 is 1.15 bits per heavy atom. The summed E-state index contributed by atoms with van der Waals surface area (Å²) in [5.74, 6) is -2.70. The van der Waals surface area contributed by atoms with E-state index in [0.29, 0.717) is 23.4 Å². The summed E-state index contributed by atoms with van der Waals surface area (Å²) in [5.41, 5.74) is 0.698. The second-order valence-electron chi connectivity index (χ2n) is 5.67. The van der Waals surface area contributed by atoms with Crippen LogP contribution in [0.15, 0.2) is 18.2 Å². The lowest BCUT2D eigenvalue weighted by atomic mass is 10.1. The van der Waals surface area contributed by atoms with E-state index in [1.807, 2.05) is 0 Å². The molecule has 0 saturated carbocycles. The van der Waals surface area contributed by atoms with Crippen molar-refractivity contribution < 1.29 is 33.8 Å². The van der Waals surface area contributed by atoms with Crippen LogP contribution in [0, 0.1) is 0 Å². The van der Waals surface area contributed by atoms with Crippen LogP contribution in [0.5, 0.6) is 5.75 Å². The molecule has 3 amide bonds. The van der Waals surface area contributed by atoms with Crippen molar-refractivity contribution in [3.8, 4) is 5.75 Å². The van der Waals surface area contributed by atoms with Crippen molar-refractivity contribution in [2.45, 2.75) is 13.3 Å². The van der Waals surface area contributed by atoms with Gasteiger partial charge < -0.3 is 20.5 Å². The first-order valence-electron chi connectivity index (χ1n) is 8.17. The molecule has 10 nitrogen and oxygen atoms in total. The van der Waals surface area contributed by atoms with Gasteiger partial charge in [0.15, 0.2) is 12.4 Å². The molecule has 0 radical (unpaired) electrons. The molecule has 3 N–H and O–H groups in total. The van der Waals surface area contributed by atoms with Gasteiger partial charge in [-0.3, -0.25) is 28.9 Å². The van der Waals surface area contributed by atoms with E-state index in [1.54, 1.807) is 19.1 Å². The summed E-state index contributed by atoms with van der Waals surface area (Å²) in [5, 5.41) is 12.9. The average molecular weight is 377 g/mol. The molecule has 0 spiro atoms. The van der Waals surface area contributed by atoms with E-state index in [0.717, 1.165) is 0 Å². The van der Waals surface area contributed by atoms with Gasteiger partial charge in [-0.05, 0) is 18.2 Å². The zero-order valence-electron chi connectivity index (χ0n) is 14.6. The first-order chi connectivity index (χ1) is 12.8. The number of carbonyl (C=O) groups is 5. The minimum atomic E-state index is -1.21. The number of ketones is 1. The number of rotatable bonds is 8. The molecule has 27 heavy (non-hydrogen) atoms. The molecule has 1 aromatic carbocycles. The Balaban J connectivity index is 2.04. The fourth-order valence-corrected chi connectivity index (χ4v) is 2.37. The Morgan fingerprint density at radius 3 is 2.52 bits per heavy atom. The second kappa shape index (κ2) is 8.79. The number of anilines is 1. The van der Waals surface area contributed by atoms with E-state index in [4.69, 9.17) is 9.84 Å². The number of nitrogens with one attached hydrogen (secondary N) is 2. The van der Waals surface area contributed by atoms with Crippen LogP contribution in [0.2, 0.25) is 0 Å². The van der Waals surface area contributed by atoms with E-state index in [-0.39, 0.29) is 18.9 Å². The van der Waals surface area contributed by atoms with E-state index in [2.05, 4.69) is 10.6 Å². The molecular weight excluding hydrogens is 358 g/mol. The fourth-order valence-electron chi connectivity index (χ4n) is 2.37. The van der Waals surface area contributed by atoms with Crippen LogP contribution in [0.1, 0.15) is 23.7 Å². The van der Waals surface area contributed by atoms with E-state index >= 15 is 0 Å². The zero-order valence-corrected chi connectivity index (χ0v) is 14.6. The molecule has 10 heteroatoms. The number of carbonyl (C=O) groups excluding carboxylic acids is 4. The maximum atomic E-state index is 12.2. The Morgan fingerprint density at radius 2 is 1.85 bits per heavy atom. The van der Waals surface area contributed by atoms with Crippen LogP contribution >= 0.6 is 0 Å². The zero-order chi connectivity index (χ0) is 20.0. The van der Waals surface area contributed by atoms with Gasteiger partial charge in [0.25, 0.3) is 5.91 Å². The Bertz CT molecular complexity index is 791. The van der Waals surface area contributed by atoms with Crippen molar-refractivity contribution in [2.24, 2.45) is 0 Å². The summed E-state index contributed by atoms with van der Waals surface area (Å²) < 4.78 is 5.31. The van der Waals surface area contributed by atoms with Gasteiger partial charge in [-0.2, -0.15) is 0 Å². The lowest BCUT2D eigenvalue weighted by Gasteiger charge is -2.29. The molecule has 0 bridgehead atoms. The van der Waals surface area contributed by atoms with Gasteiger partial charge in [0, 0.05) is 12.0 Å². The number of carboxylic acids is 1. The summed E-state index contributed by atoms with van der Waals surface area (Å²) in [6.07, 6.45) is 0.291. The monoisotopic (exact) mass is 377 g/mol. The summed E-state index contributed by atoms with van der Waals surface area (Å²) in [7, 11) is 0. The predicted octanol–water partition coefficient (Wildman–Crippen LogP) is -0.678. The summed E-state index contributed by atoms with van der Waals surface area (Å²) in [6.45, 7) is 0.111. The van der Waals surface area contributed by atoms with Crippen LogP contribution in [-0.2, 0) is 19.2 Å². The molecule has 1 aromatic rings. The van der Waals surface area contributed by atoms with Gasteiger partial charge in [-0.25, -0.2) is 0 Å². The molecule has 0 unspecified atom stereocenters. The molecule has 2 rings (SSSR count). The first-order valence-corrected chi connectivity index (χ1v) is 8.17. The lowest BCUT2D eigenvalue weighted by Crippen LogP contribution is -2.47. The lowest BCUT2D eigenvalue weighted by molar-refractivity contribution is -0.137. The molecular formula is C17H19N3O7. The number of ether oxygens (including phenoxy) is 1. The number of fused-ring (bicyclic) bond motifs is 1. The maximum Gasteiger partial charge on any atom is 0.322 e. The first kappa shape index (κ1) is 19.9. The van der Waals surface area contributed by atoms with Gasteiger partial charge in [-0.15, -0.1) is 0 Å². The molecule has 1 aliphatic heterocycles. The fraction of sp³-hybridized carbons (Fsp3) is 0.353. The molecule has 1 heterocycles. The molecule has 0 fully saturated rings. The second-order valence-corrected chi connectivity index (χ2v) is 5.67. The van der Waals surface area contributed by atoms with Crippen LogP contribution in [0.3, 0.4) is 0 Å². The largest absolute Gasteiger partial charge is 0.482 e. The minimum Gasteiger partial charge on any atom is -0.482 e. The quantitative estimate of drug-likeness (QED) is 0.510. The SMILES string of the molecule is CCC(=O)c1ccc2c(c1)N(CC(=O)NCC(=O)NCC(=O)O)C(=O)CO2. The molecule has 0 atom stereocenters. The smallest absolute Gasteiger partial charge is 0.322 e. The highest BCUT2D eigenvalue weighted by molar-refractivity contribution is 6.04. The van der Waals surface area contributed by atoms with Gasteiger partial charge >= 0.3 is 5.97 Å². The molecule has 0 saturated heterocycles. The predicted molar refractivity (Wildman–Crippen MR) is 92.6 cm³/mol. The third-order valence-electron chi connectivity index (χ3n) is 3.73. The summed E-state index contributed by atoms with van der Waals surface area (Å²) in [6, 6.07) is 4.64. The van der Waals surface area contributed by atoms with E-state index in [9.17, 15) is 24.0 Å².